The summed E-state index contributed by atoms with van der Waals surface area (Å²) in [7, 11) is 1.99. The fourth-order valence-electron chi connectivity index (χ4n) is 2.52. The SMILES string of the molecule is Cn1ccnc1CN1CCO[C@H](c2ccc(C(N)=O)cn2)C1. The van der Waals surface area contributed by atoms with Crippen LogP contribution < -0.4 is 5.73 Å². The summed E-state index contributed by atoms with van der Waals surface area (Å²) >= 11 is 0. The first-order chi connectivity index (χ1) is 10.6. The Hall–Kier alpha value is -2.25. The maximum absolute atomic E-state index is 11.1. The summed E-state index contributed by atoms with van der Waals surface area (Å²) in [6, 6.07) is 3.49. The van der Waals surface area contributed by atoms with Crippen molar-refractivity contribution >= 4 is 5.91 Å². The second-order valence-electron chi connectivity index (χ2n) is 5.38. The molecule has 0 spiro atoms. The lowest BCUT2D eigenvalue weighted by Crippen LogP contribution is -2.38. The van der Waals surface area contributed by atoms with Crippen molar-refractivity contribution in [3.63, 3.8) is 0 Å². The molecule has 0 radical (unpaired) electrons. The highest BCUT2D eigenvalue weighted by molar-refractivity contribution is 5.92. The molecule has 22 heavy (non-hydrogen) atoms. The van der Waals surface area contributed by atoms with Gasteiger partial charge >= 0.3 is 0 Å². The van der Waals surface area contributed by atoms with Crippen LogP contribution in [-0.2, 0) is 18.3 Å². The van der Waals surface area contributed by atoms with Gasteiger partial charge in [0.15, 0.2) is 0 Å². The first kappa shape index (κ1) is 14.7. The van der Waals surface area contributed by atoms with Crippen molar-refractivity contribution in [2.45, 2.75) is 12.6 Å². The third kappa shape index (κ3) is 3.15. The van der Waals surface area contributed by atoms with Gasteiger partial charge in [-0.2, -0.15) is 0 Å². The number of amides is 1. The van der Waals surface area contributed by atoms with Gasteiger partial charge in [0.1, 0.15) is 11.9 Å². The molecule has 1 atom stereocenters. The van der Waals surface area contributed by atoms with Crippen LogP contribution in [0.5, 0.6) is 0 Å². The molecule has 0 bridgehead atoms. The first-order valence-electron chi connectivity index (χ1n) is 7.19. The summed E-state index contributed by atoms with van der Waals surface area (Å²) in [6.07, 6.45) is 5.14. The normalized spacial score (nSPS) is 19.2. The number of primary amides is 1. The Kier molecular flexibility index (Phi) is 4.17. The van der Waals surface area contributed by atoms with Crippen molar-refractivity contribution in [2.24, 2.45) is 12.8 Å². The molecule has 1 saturated heterocycles. The van der Waals surface area contributed by atoms with Gasteiger partial charge in [-0.1, -0.05) is 0 Å². The maximum atomic E-state index is 11.1. The number of imidazole rings is 1. The van der Waals surface area contributed by atoms with Gasteiger partial charge in [0.2, 0.25) is 5.91 Å². The summed E-state index contributed by atoms with van der Waals surface area (Å²) < 4.78 is 7.81. The molecule has 0 unspecified atom stereocenters. The molecule has 3 heterocycles. The Morgan fingerprint density at radius 1 is 1.45 bits per heavy atom. The largest absolute Gasteiger partial charge is 0.369 e. The molecule has 1 amide bonds. The van der Waals surface area contributed by atoms with E-state index in [1.165, 1.54) is 6.20 Å². The molecule has 0 aromatic carbocycles. The Morgan fingerprint density at radius 3 is 2.95 bits per heavy atom. The fraction of sp³-hybridized carbons (Fsp3) is 0.400. The summed E-state index contributed by atoms with van der Waals surface area (Å²) in [6.45, 7) is 3.04. The average molecular weight is 301 g/mol. The number of hydrogen-bond donors (Lipinski definition) is 1. The second kappa shape index (κ2) is 6.25. The van der Waals surface area contributed by atoms with Crippen molar-refractivity contribution < 1.29 is 9.53 Å². The van der Waals surface area contributed by atoms with E-state index in [-0.39, 0.29) is 6.10 Å². The minimum Gasteiger partial charge on any atom is -0.369 e. The van der Waals surface area contributed by atoms with Crippen LogP contribution in [-0.4, -0.2) is 45.0 Å². The number of morpholine rings is 1. The number of nitrogens with two attached hydrogens (primary N) is 1. The smallest absolute Gasteiger partial charge is 0.250 e. The van der Waals surface area contributed by atoms with Crippen LogP contribution in [0.25, 0.3) is 0 Å². The maximum Gasteiger partial charge on any atom is 0.250 e. The molecule has 116 valence electrons. The number of hydrogen-bond acceptors (Lipinski definition) is 5. The molecule has 3 rings (SSSR count). The molecule has 1 fully saturated rings. The van der Waals surface area contributed by atoms with Gasteiger partial charge < -0.3 is 15.0 Å². The van der Waals surface area contributed by atoms with Crippen LogP contribution in [0.4, 0.5) is 0 Å². The number of pyridine rings is 1. The zero-order chi connectivity index (χ0) is 15.5. The van der Waals surface area contributed by atoms with Gasteiger partial charge in [-0.3, -0.25) is 14.7 Å². The predicted molar refractivity (Wildman–Crippen MR) is 79.9 cm³/mol. The number of aromatic nitrogens is 3. The molecular weight excluding hydrogens is 282 g/mol. The third-order valence-corrected chi connectivity index (χ3v) is 3.84. The Morgan fingerprint density at radius 2 is 2.32 bits per heavy atom. The van der Waals surface area contributed by atoms with Crippen molar-refractivity contribution in [3.05, 3.63) is 47.8 Å². The molecule has 2 N–H and O–H groups in total. The zero-order valence-electron chi connectivity index (χ0n) is 12.5. The molecule has 2 aromatic rings. The van der Waals surface area contributed by atoms with E-state index in [0.29, 0.717) is 12.2 Å². The van der Waals surface area contributed by atoms with E-state index < -0.39 is 5.91 Å². The number of carbonyl (C=O) groups excluding carboxylic acids is 1. The number of nitrogens with zero attached hydrogens (tertiary/aromatic N) is 4. The van der Waals surface area contributed by atoms with Crippen molar-refractivity contribution in [1.29, 1.82) is 0 Å². The van der Waals surface area contributed by atoms with Gasteiger partial charge in [-0.05, 0) is 12.1 Å². The van der Waals surface area contributed by atoms with E-state index in [4.69, 9.17) is 10.5 Å². The van der Waals surface area contributed by atoms with Crippen LogP contribution >= 0.6 is 0 Å². The molecule has 2 aromatic heterocycles. The van der Waals surface area contributed by atoms with Gasteiger partial charge in [-0.15, -0.1) is 0 Å². The third-order valence-electron chi connectivity index (χ3n) is 3.84. The van der Waals surface area contributed by atoms with E-state index in [0.717, 1.165) is 31.2 Å². The zero-order valence-corrected chi connectivity index (χ0v) is 12.5. The highest BCUT2D eigenvalue weighted by atomic mass is 16.5. The lowest BCUT2D eigenvalue weighted by atomic mass is 10.1. The number of ether oxygens (including phenoxy) is 1. The van der Waals surface area contributed by atoms with Gasteiger partial charge in [0.05, 0.1) is 24.4 Å². The highest BCUT2D eigenvalue weighted by Crippen LogP contribution is 2.21. The standard InChI is InChI=1S/C15H19N5O2/c1-19-5-4-17-14(19)10-20-6-7-22-13(9-20)12-3-2-11(8-18-12)15(16)21/h2-5,8,13H,6-7,9-10H2,1H3,(H2,16,21)/t13-/m0/s1. The summed E-state index contributed by atoms with van der Waals surface area (Å²) in [4.78, 5) is 22.0. The van der Waals surface area contributed by atoms with Crippen LogP contribution in [0.1, 0.15) is 28.0 Å². The number of rotatable bonds is 4. The topological polar surface area (TPSA) is 86.3 Å². The van der Waals surface area contributed by atoms with E-state index in [9.17, 15) is 4.79 Å². The summed E-state index contributed by atoms with van der Waals surface area (Å²) in [5, 5.41) is 0. The van der Waals surface area contributed by atoms with E-state index in [2.05, 4.69) is 14.9 Å². The molecule has 7 heteroatoms. The molecule has 1 aliphatic rings. The lowest BCUT2D eigenvalue weighted by molar-refractivity contribution is -0.0359. The molecule has 1 aliphatic heterocycles. The van der Waals surface area contributed by atoms with Crippen molar-refractivity contribution in [2.75, 3.05) is 19.7 Å². The second-order valence-corrected chi connectivity index (χ2v) is 5.38. The van der Waals surface area contributed by atoms with Gasteiger partial charge in [0, 0.05) is 38.7 Å². The molecule has 0 saturated carbocycles. The van der Waals surface area contributed by atoms with Gasteiger partial charge in [0.25, 0.3) is 0 Å². The minimum absolute atomic E-state index is 0.101. The molecule has 0 aliphatic carbocycles. The number of aryl methyl sites for hydroxylation is 1. The Balaban J connectivity index is 1.67. The average Bonchev–Trinajstić information content (AvgIpc) is 2.93. The van der Waals surface area contributed by atoms with Gasteiger partial charge in [-0.25, -0.2) is 4.98 Å². The van der Waals surface area contributed by atoms with Crippen molar-refractivity contribution in [3.8, 4) is 0 Å². The highest BCUT2D eigenvalue weighted by Gasteiger charge is 2.24. The summed E-state index contributed by atoms with van der Waals surface area (Å²) in [5.41, 5.74) is 6.45. The fourth-order valence-corrected chi connectivity index (χ4v) is 2.52. The quantitative estimate of drug-likeness (QED) is 0.888. The van der Waals surface area contributed by atoms with E-state index in [1.54, 1.807) is 18.3 Å². The van der Waals surface area contributed by atoms with E-state index >= 15 is 0 Å². The molecular formula is C15H19N5O2. The van der Waals surface area contributed by atoms with Crippen LogP contribution in [0.15, 0.2) is 30.7 Å². The lowest BCUT2D eigenvalue weighted by Gasteiger charge is -2.32. The Labute approximate surface area is 128 Å². The van der Waals surface area contributed by atoms with Crippen LogP contribution in [0.3, 0.4) is 0 Å². The van der Waals surface area contributed by atoms with Crippen molar-refractivity contribution in [1.82, 2.24) is 19.4 Å². The Bertz CT molecular complexity index is 652. The predicted octanol–water partition coefficient (Wildman–Crippen LogP) is 0.488. The molecule has 7 nitrogen and oxygen atoms in total. The number of carbonyl (C=O) groups is 1. The van der Waals surface area contributed by atoms with E-state index in [1.807, 2.05) is 17.8 Å². The minimum atomic E-state index is -0.472. The first-order valence-corrected chi connectivity index (χ1v) is 7.19. The monoisotopic (exact) mass is 301 g/mol. The van der Waals surface area contributed by atoms with Crippen LogP contribution in [0.2, 0.25) is 0 Å². The van der Waals surface area contributed by atoms with Crippen LogP contribution in [0, 0.1) is 0 Å². The summed E-state index contributed by atoms with van der Waals surface area (Å²) in [5.74, 6) is 0.553.